The van der Waals surface area contributed by atoms with Crippen LogP contribution in [0, 0.1) is 0 Å². The lowest BCUT2D eigenvalue weighted by Gasteiger charge is -2.12. The minimum absolute atomic E-state index is 0.491. The summed E-state index contributed by atoms with van der Waals surface area (Å²) in [5.74, 6) is 3.50. The van der Waals surface area contributed by atoms with E-state index in [1.54, 1.807) is 6.20 Å². The van der Waals surface area contributed by atoms with Gasteiger partial charge in [-0.25, -0.2) is 4.98 Å². The SMILES string of the molecule is CCOc1ccccc1Nc1ccnc(Nc2ccc(Oc3ccccc3)cc2)n1. The third-order valence-electron chi connectivity index (χ3n) is 4.19. The lowest BCUT2D eigenvalue weighted by molar-refractivity contribution is 0.342. The molecule has 0 fully saturated rings. The number of hydrogen-bond acceptors (Lipinski definition) is 6. The van der Waals surface area contributed by atoms with Gasteiger partial charge in [0.25, 0.3) is 0 Å². The van der Waals surface area contributed by atoms with Crippen LogP contribution in [-0.4, -0.2) is 16.6 Å². The zero-order valence-corrected chi connectivity index (χ0v) is 16.6. The van der Waals surface area contributed by atoms with Gasteiger partial charge in [0.05, 0.1) is 12.3 Å². The Kier molecular flexibility index (Phi) is 6.05. The second kappa shape index (κ2) is 9.43. The zero-order valence-electron chi connectivity index (χ0n) is 16.6. The fraction of sp³-hybridized carbons (Fsp3) is 0.0833. The number of rotatable bonds is 8. The largest absolute Gasteiger partial charge is 0.492 e. The lowest BCUT2D eigenvalue weighted by Crippen LogP contribution is -2.02. The number of anilines is 4. The van der Waals surface area contributed by atoms with Crippen LogP contribution in [0.15, 0.2) is 91.1 Å². The van der Waals surface area contributed by atoms with E-state index >= 15 is 0 Å². The normalized spacial score (nSPS) is 10.3. The predicted octanol–water partition coefficient (Wildman–Crippen LogP) is 6.15. The first kappa shape index (κ1) is 19.3. The van der Waals surface area contributed by atoms with Gasteiger partial charge in [-0.1, -0.05) is 30.3 Å². The van der Waals surface area contributed by atoms with E-state index in [0.29, 0.717) is 18.4 Å². The highest BCUT2D eigenvalue weighted by molar-refractivity contribution is 5.65. The quantitative estimate of drug-likeness (QED) is 0.371. The highest BCUT2D eigenvalue weighted by Gasteiger charge is 2.06. The maximum Gasteiger partial charge on any atom is 0.229 e. The molecule has 0 aliphatic heterocycles. The van der Waals surface area contributed by atoms with Gasteiger partial charge in [-0.15, -0.1) is 0 Å². The predicted molar refractivity (Wildman–Crippen MR) is 119 cm³/mol. The molecule has 2 N–H and O–H groups in total. The first-order chi connectivity index (χ1) is 14.8. The van der Waals surface area contributed by atoms with Gasteiger partial charge in [0.2, 0.25) is 5.95 Å². The Labute approximate surface area is 175 Å². The van der Waals surface area contributed by atoms with Crippen molar-refractivity contribution < 1.29 is 9.47 Å². The average Bonchev–Trinajstić information content (AvgIpc) is 2.78. The summed E-state index contributed by atoms with van der Waals surface area (Å²) >= 11 is 0. The minimum atomic E-state index is 0.491. The molecule has 0 radical (unpaired) electrons. The van der Waals surface area contributed by atoms with E-state index < -0.39 is 0 Å². The van der Waals surface area contributed by atoms with Gasteiger partial charge in [0.15, 0.2) is 0 Å². The van der Waals surface area contributed by atoms with Crippen LogP contribution in [0.25, 0.3) is 0 Å². The summed E-state index contributed by atoms with van der Waals surface area (Å²) in [6, 6.07) is 26.9. The van der Waals surface area contributed by atoms with E-state index in [0.717, 1.165) is 28.6 Å². The molecule has 4 rings (SSSR count). The van der Waals surface area contributed by atoms with Crippen molar-refractivity contribution in [2.45, 2.75) is 6.92 Å². The molecular weight excluding hydrogens is 376 g/mol. The number of para-hydroxylation sites is 3. The zero-order chi connectivity index (χ0) is 20.6. The Bertz CT molecular complexity index is 1090. The van der Waals surface area contributed by atoms with Crippen LogP contribution in [0.3, 0.4) is 0 Å². The fourth-order valence-corrected chi connectivity index (χ4v) is 2.84. The molecule has 150 valence electrons. The summed E-state index contributed by atoms with van der Waals surface area (Å²) in [7, 11) is 0. The first-order valence-electron chi connectivity index (χ1n) is 9.72. The molecule has 30 heavy (non-hydrogen) atoms. The van der Waals surface area contributed by atoms with Crippen LogP contribution in [0.4, 0.5) is 23.1 Å². The summed E-state index contributed by atoms with van der Waals surface area (Å²) in [6.07, 6.45) is 1.70. The van der Waals surface area contributed by atoms with Gasteiger partial charge in [0.1, 0.15) is 23.1 Å². The van der Waals surface area contributed by atoms with Crippen molar-refractivity contribution in [3.63, 3.8) is 0 Å². The number of nitrogens with one attached hydrogen (secondary N) is 2. The third kappa shape index (κ3) is 5.05. The van der Waals surface area contributed by atoms with Crippen LogP contribution in [-0.2, 0) is 0 Å². The maximum absolute atomic E-state index is 5.82. The van der Waals surface area contributed by atoms with E-state index in [4.69, 9.17) is 9.47 Å². The molecule has 0 saturated heterocycles. The van der Waals surface area contributed by atoms with Crippen molar-refractivity contribution in [1.82, 2.24) is 9.97 Å². The topological polar surface area (TPSA) is 68.3 Å². The molecule has 1 heterocycles. The van der Waals surface area contributed by atoms with Crippen molar-refractivity contribution in [1.29, 1.82) is 0 Å². The second-order valence-electron chi connectivity index (χ2n) is 6.38. The van der Waals surface area contributed by atoms with Crippen molar-refractivity contribution in [2.24, 2.45) is 0 Å². The number of aromatic nitrogens is 2. The van der Waals surface area contributed by atoms with Gasteiger partial charge >= 0.3 is 0 Å². The van der Waals surface area contributed by atoms with Gasteiger partial charge in [0, 0.05) is 11.9 Å². The Morgan fingerprint density at radius 3 is 2.30 bits per heavy atom. The van der Waals surface area contributed by atoms with E-state index in [9.17, 15) is 0 Å². The molecule has 0 unspecified atom stereocenters. The van der Waals surface area contributed by atoms with E-state index in [-0.39, 0.29) is 0 Å². The Morgan fingerprint density at radius 1 is 0.767 bits per heavy atom. The van der Waals surface area contributed by atoms with Crippen LogP contribution >= 0.6 is 0 Å². The lowest BCUT2D eigenvalue weighted by atomic mass is 10.3. The summed E-state index contributed by atoms with van der Waals surface area (Å²) in [4.78, 5) is 8.84. The van der Waals surface area contributed by atoms with Crippen LogP contribution < -0.4 is 20.1 Å². The van der Waals surface area contributed by atoms with Crippen molar-refractivity contribution in [3.8, 4) is 17.2 Å². The number of hydrogen-bond donors (Lipinski definition) is 2. The number of nitrogens with zero attached hydrogens (tertiary/aromatic N) is 2. The van der Waals surface area contributed by atoms with Gasteiger partial charge < -0.3 is 20.1 Å². The number of ether oxygens (including phenoxy) is 2. The Hall–Kier alpha value is -4.06. The van der Waals surface area contributed by atoms with E-state index in [1.807, 2.05) is 91.9 Å². The van der Waals surface area contributed by atoms with Crippen molar-refractivity contribution >= 4 is 23.1 Å². The smallest absolute Gasteiger partial charge is 0.229 e. The molecule has 0 atom stereocenters. The van der Waals surface area contributed by atoms with E-state index in [1.165, 1.54) is 0 Å². The van der Waals surface area contributed by atoms with Gasteiger partial charge in [-0.3, -0.25) is 0 Å². The summed E-state index contributed by atoms with van der Waals surface area (Å²) < 4.78 is 11.5. The molecule has 0 saturated carbocycles. The average molecular weight is 398 g/mol. The van der Waals surface area contributed by atoms with Gasteiger partial charge in [-0.2, -0.15) is 4.98 Å². The number of benzene rings is 3. The van der Waals surface area contributed by atoms with E-state index in [2.05, 4.69) is 20.6 Å². The molecule has 0 amide bonds. The molecule has 0 aliphatic carbocycles. The molecule has 1 aromatic heterocycles. The van der Waals surface area contributed by atoms with Gasteiger partial charge in [-0.05, 0) is 61.5 Å². The van der Waals surface area contributed by atoms with Crippen LogP contribution in [0.2, 0.25) is 0 Å². The summed E-state index contributed by atoms with van der Waals surface area (Å²) in [6.45, 7) is 2.55. The molecule has 6 heteroatoms. The monoisotopic (exact) mass is 398 g/mol. The van der Waals surface area contributed by atoms with Crippen molar-refractivity contribution in [3.05, 3.63) is 91.1 Å². The molecular formula is C24H22N4O2. The molecule has 6 nitrogen and oxygen atoms in total. The summed E-state index contributed by atoms with van der Waals surface area (Å²) in [5, 5.41) is 6.50. The third-order valence-corrected chi connectivity index (χ3v) is 4.19. The molecule has 0 aliphatic rings. The molecule has 0 spiro atoms. The first-order valence-corrected chi connectivity index (χ1v) is 9.72. The molecule has 3 aromatic carbocycles. The highest BCUT2D eigenvalue weighted by Crippen LogP contribution is 2.27. The van der Waals surface area contributed by atoms with Crippen LogP contribution in [0.1, 0.15) is 6.92 Å². The highest BCUT2D eigenvalue weighted by atomic mass is 16.5. The Balaban J connectivity index is 1.43. The standard InChI is InChI=1S/C24H22N4O2/c1-2-29-22-11-7-6-10-21(22)27-23-16-17-25-24(28-23)26-18-12-14-20(15-13-18)30-19-8-4-3-5-9-19/h3-17H,2H2,1H3,(H2,25,26,27,28). The second-order valence-corrected chi connectivity index (χ2v) is 6.38. The Morgan fingerprint density at radius 2 is 1.50 bits per heavy atom. The minimum Gasteiger partial charge on any atom is -0.492 e. The fourth-order valence-electron chi connectivity index (χ4n) is 2.84. The summed E-state index contributed by atoms with van der Waals surface area (Å²) in [5.41, 5.74) is 1.72. The molecule has 4 aromatic rings. The van der Waals surface area contributed by atoms with Crippen molar-refractivity contribution in [2.75, 3.05) is 17.2 Å². The van der Waals surface area contributed by atoms with Crippen LogP contribution in [0.5, 0.6) is 17.2 Å². The molecule has 0 bridgehead atoms. The maximum atomic E-state index is 5.82.